The molecule has 5 rings (SSSR count). The Morgan fingerprint density at radius 3 is 2.56 bits per heavy atom. The first kappa shape index (κ1) is 17.0. The highest BCUT2D eigenvalue weighted by molar-refractivity contribution is 6.31. The van der Waals surface area contributed by atoms with Gasteiger partial charge < -0.3 is 10.4 Å². The number of aromatic amines is 1. The van der Waals surface area contributed by atoms with Crippen molar-refractivity contribution < 1.29 is 9.90 Å². The Balaban J connectivity index is 1.32. The summed E-state index contributed by atoms with van der Waals surface area (Å²) in [6.45, 7) is 0. The molecule has 2 aromatic carbocycles. The molecule has 2 aliphatic rings. The molecule has 2 aliphatic carbocycles. The molecular formula is C20H17Cl2N3O2. The van der Waals surface area contributed by atoms with E-state index in [1.54, 1.807) is 30.5 Å². The van der Waals surface area contributed by atoms with Gasteiger partial charge in [-0.1, -0.05) is 23.2 Å². The molecule has 0 saturated heterocycles. The van der Waals surface area contributed by atoms with Crippen molar-refractivity contribution >= 4 is 40.0 Å². The van der Waals surface area contributed by atoms with E-state index in [1.807, 2.05) is 12.1 Å². The van der Waals surface area contributed by atoms with Crippen molar-refractivity contribution in [1.82, 2.24) is 15.5 Å². The quantitative estimate of drug-likeness (QED) is 0.622. The molecule has 3 aromatic rings. The fraction of sp³-hybridized carbons (Fsp3) is 0.300. The van der Waals surface area contributed by atoms with Gasteiger partial charge in [-0.25, -0.2) is 0 Å². The number of aliphatic hydroxyl groups is 1. The number of halogens is 2. The SMILES string of the molecule is O=C(NC1[C@H]2CC(O)(c3cc(Cl)cc4[nH]ncc34)C[C@@H]12)c1ccc(Cl)cc1. The van der Waals surface area contributed by atoms with Crippen molar-refractivity contribution in [1.29, 1.82) is 0 Å². The van der Waals surface area contributed by atoms with E-state index in [0.29, 0.717) is 28.5 Å². The average Bonchev–Trinajstić information content (AvgIpc) is 3.02. The highest BCUT2D eigenvalue weighted by atomic mass is 35.5. The number of H-pyrrole nitrogens is 1. The lowest BCUT2D eigenvalue weighted by atomic mass is 9.86. The van der Waals surface area contributed by atoms with Gasteiger partial charge in [-0.3, -0.25) is 9.89 Å². The third kappa shape index (κ3) is 2.81. The van der Waals surface area contributed by atoms with Crippen LogP contribution in [0.15, 0.2) is 42.6 Å². The predicted octanol–water partition coefficient (Wildman–Crippen LogP) is 3.90. The summed E-state index contributed by atoms with van der Waals surface area (Å²) in [4.78, 5) is 12.4. The summed E-state index contributed by atoms with van der Waals surface area (Å²) in [5, 5.41) is 23.4. The number of carbonyl (C=O) groups is 1. The summed E-state index contributed by atoms with van der Waals surface area (Å²) in [5.74, 6) is 0.439. The van der Waals surface area contributed by atoms with E-state index in [4.69, 9.17) is 23.2 Å². The minimum atomic E-state index is -0.941. The highest BCUT2D eigenvalue weighted by Gasteiger charge is 2.62. The number of hydrogen-bond donors (Lipinski definition) is 3. The molecule has 7 heteroatoms. The first-order chi connectivity index (χ1) is 12.9. The molecule has 0 bridgehead atoms. The number of benzene rings is 2. The van der Waals surface area contributed by atoms with Gasteiger partial charge >= 0.3 is 0 Å². The zero-order valence-electron chi connectivity index (χ0n) is 14.2. The van der Waals surface area contributed by atoms with E-state index >= 15 is 0 Å². The van der Waals surface area contributed by atoms with Crippen molar-refractivity contribution in [3.63, 3.8) is 0 Å². The van der Waals surface area contributed by atoms with Crippen molar-refractivity contribution in [3.8, 4) is 0 Å². The van der Waals surface area contributed by atoms with Crippen LogP contribution in [0.1, 0.15) is 28.8 Å². The van der Waals surface area contributed by atoms with Crippen molar-refractivity contribution in [2.45, 2.75) is 24.5 Å². The Kier molecular flexibility index (Phi) is 3.76. The van der Waals surface area contributed by atoms with Gasteiger partial charge in [0.1, 0.15) is 0 Å². The van der Waals surface area contributed by atoms with Crippen molar-refractivity contribution in [2.75, 3.05) is 0 Å². The largest absolute Gasteiger partial charge is 0.385 e. The molecule has 2 saturated carbocycles. The van der Waals surface area contributed by atoms with Crippen LogP contribution >= 0.6 is 23.2 Å². The van der Waals surface area contributed by atoms with Crippen molar-refractivity contribution in [2.24, 2.45) is 11.8 Å². The van der Waals surface area contributed by atoms with E-state index in [9.17, 15) is 9.90 Å². The molecule has 0 radical (unpaired) electrons. The number of nitrogens with one attached hydrogen (secondary N) is 2. The normalized spacial score (nSPS) is 28.9. The smallest absolute Gasteiger partial charge is 0.251 e. The Morgan fingerprint density at radius 1 is 1.15 bits per heavy atom. The van der Waals surface area contributed by atoms with Gasteiger partial charge in [-0.15, -0.1) is 0 Å². The average molecular weight is 402 g/mol. The summed E-state index contributed by atoms with van der Waals surface area (Å²) in [6, 6.07) is 10.6. The van der Waals surface area contributed by atoms with Crippen LogP contribution in [0.25, 0.3) is 10.9 Å². The van der Waals surface area contributed by atoms with Crippen LogP contribution in [0, 0.1) is 11.8 Å². The van der Waals surface area contributed by atoms with Gasteiger partial charge in [0.15, 0.2) is 0 Å². The first-order valence-corrected chi connectivity index (χ1v) is 9.62. The predicted molar refractivity (Wildman–Crippen MR) is 104 cm³/mol. The Hall–Kier alpha value is -2.08. The lowest BCUT2D eigenvalue weighted by Crippen LogP contribution is -2.33. The molecule has 0 aliphatic heterocycles. The van der Waals surface area contributed by atoms with Gasteiger partial charge in [-0.05, 0) is 66.6 Å². The monoisotopic (exact) mass is 401 g/mol. The van der Waals surface area contributed by atoms with Gasteiger partial charge in [0.2, 0.25) is 0 Å². The van der Waals surface area contributed by atoms with E-state index in [0.717, 1.165) is 16.5 Å². The fourth-order valence-electron chi connectivity index (χ4n) is 4.54. The van der Waals surface area contributed by atoms with Crippen LogP contribution in [-0.4, -0.2) is 27.3 Å². The molecular weight excluding hydrogens is 385 g/mol. The number of carbonyl (C=O) groups excluding carboxylic acids is 1. The molecule has 3 N–H and O–H groups in total. The maximum Gasteiger partial charge on any atom is 0.251 e. The second-order valence-corrected chi connectivity index (χ2v) is 8.43. The van der Waals surface area contributed by atoms with Crippen LogP contribution in [0.5, 0.6) is 0 Å². The zero-order chi connectivity index (χ0) is 18.8. The third-order valence-electron chi connectivity index (χ3n) is 5.91. The summed E-state index contributed by atoms with van der Waals surface area (Å²) in [6.07, 6.45) is 2.93. The van der Waals surface area contributed by atoms with Gasteiger partial charge in [-0.2, -0.15) is 5.10 Å². The summed E-state index contributed by atoms with van der Waals surface area (Å²) in [5.41, 5.74) is 1.28. The van der Waals surface area contributed by atoms with E-state index in [1.165, 1.54) is 0 Å². The maximum absolute atomic E-state index is 12.4. The molecule has 1 aromatic heterocycles. The molecule has 2 unspecified atom stereocenters. The molecule has 27 heavy (non-hydrogen) atoms. The number of hydrogen-bond acceptors (Lipinski definition) is 3. The number of fused-ring (bicyclic) bond motifs is 2. The number of amides is 1. The highest BCUT2D eigenvalue weighted by Crippen LogP contribution is 2.60. The molecule has 0 spiro atoms. The second-order valence-electron chi connectivity index (χ2n) is 7.56. The van der Waals surface area contributed by atoms with Gasteiger partial charge in [0.05, 0.1) is 17.3 Å². The lowest BCUT2D eigenvalue weighted by molar-refractivity contribution is 0.0293. The summed E-state index contributed by atoms with van der Waals surface area (Å²) in [7, 11) is 0. The maximum atomic E-state index is 12.4. The van der Waals surface area contributed by atoms with Gasteiger partial charge in [0, 0.05) is 27.0 Å². The van der Waals surface area contributed by atoms with Crippen LogP contribution in [-0.2, 0) is 5.60 Å². The second kappa shape index (κ2) is 5.96. The Labute approximate surface area is 165 Å². The van der Waals surface area contributed by atoms with Crippen LogP contribution < -0.4 is 5.32 Å². The summed E-state index contributed by atoms with van der Waals surface area (Å²) >= 11 is 12.1. The van der Waals surface area contributed by atoms with Gasteiger partial charge in [0.25, 0.3) is 5.91 Å². The standard InChI is InChI=1S/C20H17Cl2N3O2/c21-11-3-1-10(2-4-11)19(26)24-18-13-7-20(27,8-14(13)18)16-5-12(22)6-17-15(16)9-23-25-17/h1-6,9,13-14,18,27H,7-8H2,(H,23,25)(H,24,26)/t13-,14+,18?,20?. The number of aromatic nitrogens is 2. The Morgan fingerprint density at radius 2 is 1.85 bits per heavy atom. The fourth-order valence-corrected chi connectivity index (χ4v) is 4.88. The van der Waals surface area contributed by atoms with E-state index in [2.05, 4.69) is 15.5 Å². The first-order valence-electron chi connectivity index (χ1n) is 8.86. The zero-order valence-corrected chi connectivity index (χ0v) is 15.8. The van der Waals surface area contributed by atoms with Crippen LogP contribution in [0.2, 0.25) is 10.0 Å². The molecule has 1 heterocycles. The van der Waals surface area contributed by atoms with Crippen LogP contribution in [0.3, 0.4) is 0 Å². The van der Waals surface area contributed by atoms with E-state index in [-0.39, 0.29) is 23.8 Å². The van der Waals surface area contributed by atoms with Crippen molar-refractivity contribution in [3.05, 3.63) is 63.8 Å². The molecule has 5 nitrogen and oxygen atoms in total. The third-order valence-corrected chi connectivity index (χ3v) is 6.38. The molecule has 138 valence electrons. The minimum Gasteiger partial charge on any atom is -0.385 e. The molecule has 4 atom stereocenters. The topological polar surface area (TPSA) is 78.0 Å². The summed E-state index contributed by atoms with van der Waals surface area (Å²) < 4.78 is 0. The number of nitrogens with zero attached hydrogens (tertiary/aromatic N) is 1. The lowest BCUT2D eigenvalue weighted by Gasteiger charge is -2.27. The van der Waals surface area contributed by atoms with Crippen LogP contribution in [0.4, 0.5) is 0 Å². The molecule has 1 amide bonds. The Bertz CT molecular complexity index is 1040. The minimum absolute atomic E-state index is 0.102. The van der Waals surface area contributed by atoms with E-state index < -0.39 is 5.60 Å². The molecule has 2 fully saturated rings. The number of rotatable bonds is 3.